The minimum Gasteiger partial charge on any atom is -0.338 e. The van der Waals surface area contributed by atoms with E-state index in [1.165, 1.54) is 0 Å². The lowest BCUT2D eigenvalue weighted by molar-refractivity contribution is 0.0685. The van der Waals surface area contributed by atoms with E-state index in [-0.39, 0.29) is 5.91 Å². The Balaban J connectivity index is 1.26. The van der Waals surface area contributed by atoms with Crippen molar-refractivity contribution in [2.24, 2.45) is 11.7 Å². The zero-order chi connectivity index (χ0) is 18.8. The summed E-state index contributed by atoms with van der Waals surface area (Å²) in [5.74, 6) is 0.737. The Bertz CT molecular complexity index is 779. The van der Waals surface area contributed by atoms with Gasteiger partial charge in [-0.25, -0.2) is 0 Å². The summed E-state index contributed by atoms with van der Waals surface area (Å²) in [6.07, 6.45) is 5.17. The van der Waals surface area contributed by atoms with Gasteiger partial charge in [0, 0.05) is 51.5 Å². The maximum absolute atomic E-state index is 12.6. The average Bonchev–Trinajstić information content (AvgIpc) is 3.38. The first-order chi connectivity index (χ1) is 13.1. The molecule has 0 unspecified atom stereocenters. The van der Waals surface area contributed by atoms with E-state index in [1.807, 2.05) is 28.0 Å². The number of nitrogens with two attached hydrogens (primary N) is 1. The van der Waals surface area contributed by atoms with Crippen molar-refractivity contribution in [2.45, 2.75) is 45.3 Å². The van der Waals surface area contributed by atoms with E-state index in [2.05, 4.69) is 21.4 Å². The van der Waals surface area contributed by atoms with Gasteiger partial charge in [0.05, 0.1) is 10.6 Å². The van der Waals surface area contributed by atoms with Crippen molar-refractivity contribution >= 4 is 17.2 Å². The number of carbonyl (C=O) groups is 1. The molecule has 0 radical (unpaired) electrons. The number of amides is 1. The van der Waals surface area contributed by atoms with Crippen LogP contribution in [0.4, 0.5) is 0 Å². The molecule has 2 saturated heterocycles. The molecule has 146 valence electrons. The van der Waals surface area contributed by atoms with E-state index in [1.54, 1.807) is 11.3 Å². The third-order valence-corrected chi connectivity index (χ3v) is 6.69. The molecule has 27 heavy (non-hydrogen) atoms. The molecule has 2 aliphatic heterocycles. The molecule has 4 rings (SSSR count). The Morgan fingerprint density at radius 1 is 1.30 bits per heavy atom. The minimum atomic E-state index is 0.188. The largest absolute Gasteiger partial charge is 0.338 e. The fourth-order valence-electron chi connectivity index (χ4n) is 4.05. The molecule has 4 heterocycles. The molecule has 0 spiro atoms. The van der Waals surface area contributed by atoms with Crippen molar-refractivity contribution in [3.8, 4) is 0 Å². The van der Waals surface area contributed by atoms with Crippen LogP contribution in [-0.2, 0) is 13.1 Å². The lowest BCUT2D eigenvalue weighted by atomic mass is 9.96. The minimum absolute atomic E-state index is 0.188. The third-order valence-electron chi connectivity index (χ3n) is 5.68. The maximum Gasteiger partial charge on any atom is 0.264 e. The number of rotatable bonds is 5. The maximum atomic E-state index is 12.6. The Kier molecular flexibility index (Phi) is 5.56. The fraction of sp³-hybridized carbons (Fsp3) is 0.632. The Labute approximate surface area is 164 Å². The van der Waals surface area contributed by atoms with Crippen molar-refractivity contribution in [1.82, 2.24) is 24.8 Å². The van der Waals surface area contributed by atoms with E-state index >= 15 is 0 Å². The van der Waals surface area contributed by atoms with E-state index < -0.39 is 0 Å². The van der Waals surface area contributed by atoms with Crippen molar-refractivity contribution in [3.05, 3.63) is 33.8 Å². The molecule has 2 aromatic heterocycles. The van der Waals surface area contributed by atoms with Crippen LogP contribution in [0.5, 0.6) is 0 Å². The zero-order valence-corrected chi connectivity index (χ0v) is 16.7. The van der Waals surface area contributed by atoms with E-state index in [0.29, 0.717) is 12.0 Å². The summed E-state index contributed by atoms with van der Waals surface area (Å²) in [5, 5.41) is 10.6. The smallest absolute Gasteiger partial charge is 0.264 e. The SMILES string of the molecule is Cc1ccsc1C(=O)N1CCC(Cn2cc(CN3CC[C@@H](N)C3)nn2)CC1. The van der Waals surface area contributed by atoms with Gasteiger partial charge in [-0.05, 0) is 49.1 Å². The number of nitrogens with zero attached hydrogens (tertiary/aromatic N) is 5. The normalized spacial score (nSPS) is 21.9. The molecule has 0 aliphatic carbocycles. The fourth-order valence-corrected chi connectivity index (χ4v) is 4.95. The van der Waals surface area contributed by atoms with Gasteiger partial charge in [0.25, 0.3) is 5.91 Å². The lowest BCUT2D eigenvalue weighted by Gasteiger charge is -2.31. The third kappa shape index (κ3) is 4.39. The highest BCUT2D eigenvalue weighted by Gasteiger charge is 2.26. The van der Waals surface area contributed by atoms with Crippen LogP contribution in [0.25, 0.3) is 0 Å². The van der Waals surface area contributed by atoms with Crippen molar-refractivity contribution in [3.63, 3.8) is 0 Å². The van der Waals surface area contributed by atoms with Gasteiger partial charge in [-0.3, -0.25) is 14.4 Å². The first kappa shape index (κ1) is 18.6. The molecule has 2 aromatic rings. The first-order valence-corrected chi connectivity index (χ1v) is 10.7. The topological polar surface area (TPSA) is 80.3 Å². The van der Waals surface area contributed by atoms with Crippen LogP contribution in [0.1, 0.15) is 40.2 Å². The highest BCUT2D eigenvalue weighted by atomic mass is 32.1. The summed E-state index contributed by atoms with van der Waals surface area (Å²) in [5.41, 5.74) is 8.07. The van der Waals surface area contributed by atoms with Crippen molar-refractivity contribution in [2.75, 3.05) is 26.2 Å². The van der Waals surface area contributed by atoms with Gasteiger partial charge in [-0.2, -0.15) is 0 Å². The Morgan fingerprint density at radius 2 is 2.11 bits per heavy atom. The second-order valence-electron chi connectivity index (χ2n) is 7.88. The molecular formula is C19H28N6OS. The van der Waals surface area contributed by atoms with Crippen LogP contribution in [-0.4, -0.2) is 62.9 Å². The highest BCUT2D eigenvalue weighted by Crippen LogP contribution is 2.24. The molecule has 1 atom stereocenters. The summed E-state index contributed by atoms with van der Waals surface area (Å²) in [6, 6.07) is 2.31. The van der Waals surface area contributed by atoms with Gasteiger partial charge in [-0.1, -0.05) is 5.21 Å². The van der Waals surface area contributed by atoms with Gasteiger partial charge < -0.3 is 10.6 Å². The molecule has 0 bridgehead atoms. The van der Waals surface area contributed by atoms with Crippen LogP contribution in [0.2, 0.25) is 0 Å². The number of thiophene rings is 1. The predicted octanol–water partition coefficient (Wildman–Crippen LogP) is 1.73. The summed E-state index contributed by atoms with van der Waals surface area (Å²) in [4.78, 5) is 17.9. The van der Waals surface area contributed by atoms with Crippen LogP contribution < -0.4 is 5.73 Å². The number of carbonyl (C=O) groups excluding carboxylic acids is 1. The first-order valence-electron chi connectivity index (χ1n) is 9.79. The summed E-state index contributed by atoms with van der Waals surface area (Å²) in [7, 11) is 0. The van der Waals surface area contributed by atoms with E-state index in [9.17, 15) is 4.79 Å². The zero-order valence-electron chi connectivity index (χ0n) is 15.9. The second-order valence-corrected chi connectivity index (χ2v) is 8.80. The monoisotopic (exact) mass is 388 g/mol. The quantitative estimate of drug-likeness (QED) is 0.844. The molecule has 0 aromatic carbocycles. The van der Waals surface area contributed by atoms with Gasteiger partial charge >= 0.3 is 0 Å². The van der Waals surface area contributed by atoms with Gasteiger partial charge in [0.1, 0.15) is 0 Å². The summed E-state index contributed by atoms with van der Waals surface area (Å²) < 4.78 is 1.97. The van der Waals surface area contributed by atoms with Crippen LogP contribution >= 0.6 is 11.3 Å². The molecular weight excluding hydrogens is 360 g/mol. The molecule has 2 N–H and O–H groups in total. The molecule has 2 fully saturated rings. The average molecular weight is 389 g/mol. The van der Waals surface area contributed by atoms with E-state index in [4.69, 9.17) is 5.73 Å². The molecule has 0 saturated carbocycles. The number of aromatic nitrogens is 3. The van der Waals surface area contributed by atoms with Crippen LogP contribution in [0.15, 0.2) is 17.6 Å². The lowest BCUT2D eigenvalue weighted by Crippen LogP contribution is -2.39. The number of hydrogen-bond acceptors (Lipinski definition) is 6. The van der Waals surface area contributed by atoms with Gasteiger partial charge in [0.15, 0.2) is 0 Å². The molecule has 2 aliphatic rings. The predicted molar refractivity (Wildman–Crippen MR) is 106 cm³/mol. The van der Waals surface area contributed by atoms with Crippen LogP contribution in [0, 0.1) is 12.8 Å². The van der Waals surface area contributed by atoms with E-state index in [0.717, 1.165) is 74.7 Å². The molecule has 8 heteroatoms. The van der Waals surface area contributed by atoms with Crippen LogP contribution in [0.3, 0.4) is 0 Å². The number of hydrogen-bond donors (Lipinski definition) is 1. The number of aryl methyl sites for hydroxylation is 1. The Morgan fingerprint density at radius 3 is 2.78 bits per heavy atom. The standard InChI is InChI=1S/C19H28N6OS/c1-14-5-9-27-18(14)19(26)24-7-2-15(3-8-24)10-25-13-17(21-22-25)12-23-6-4-16(20)11-23/h5,9,13,15-16H,2-4,6-8,10-12,20H2,1H3/t16-/m1/s1. The summed E-state index contributed by atoms with van der Waals surface area (Å²) in [6.45, 7) is 7.37. The van der Waals surface area contributed by atoms with Crippen molar-refractivity contribution < 1.29 is 4.79 Å². The number of piperidine rings is 1. The molecule has 1 amide bonds. The second kappa shape index (κ2) is 8.08. The highest BCUT2D eigenvalue weighted by molar-refractivity contribution is 7.12. The molecule has 7 nitrogen and oxygen atoms in total. The summed E-state index contributed by atoms with van der Waals surface area (Å²) >= 11 is 1.55. The van der Waals surface area contributed by atoms with Gasteiger partial charge in [0.2, 0.25) is 0 Å². The van der Waals surface area contributed by atoms with Gasteiger partial charge in [-0.15, -0.1) is 16.4 Å². The number of likely N-dealkylation sites (tertiary alicyclic amines) is 2. The van der Waals surface area contributed by atoms with Crippen molar-refractivity contribution in [1.29, 1.82) is 0 Å². The Hall–Kier alpha value is -1.77.